The van der Waals surface area contributed by atoms with Crippen molar-refractivity contribution in [3.8, 4) is 0 Å². The summed E-state index contributed by atoms with van der Waals surface area (Å²) in [4.78, 5) is 11.5. The Labute approximate surface area is 105 Å². The molecular weight excluding hydrogens is 242 g/mol. The molecule has 7 heteroatoms. The molecule has 0 aromatic carbocycles. The monoisotopic (exact) mass is 263 g/mol. The maximum absolute atomic E-state index is 11.5. The summed E-state index contributed by atoms with van der Waals surface area (Å²) in [6.07, 6.45) is -6.26. The van der Waals surface area contributed by atoms with E-state index < -0.39 is 30.7 Å². The van der Waals surface area contributed by atoms with Gasteiger partial charge >= 0.3 is 0 Å². The molecule has 1 fully saturated rings. The summed E-state index contributed by atoms with van der Waals surface area (Å²) in [6, 6.07) is 0. The Bertz CT molecular complexity index is 287. The van der Waals surface area contributed by atoms with E-state index in [0.717, 1.165) is 0 Å². The van der Waals surface area contributed by atoms with Crippen molar-refractivity contribution in [2.75, 3.05) is 6.54 Å². The molecule has 1 aliphatic heterocycles. The molecule has 106 valence electrons. The SMILES string of the molecule is CCC(C)C(=O)NCC1OC(O)C(O)C(O)C1O. The van der Waals surface area contributed by atoms with Crippen LogP contribution in [0.4, 0.5) is 0 Å². The van der Waals surface area contributed by atoms with Crippen LogP contribution in [0.25, 0.3) is 0 Å². The van der Waals surface area contributed by atoms with Crippen LogP contribution in [0.15, 0.2) is 0 Å². The number of carbonyl (C=O) groups is 1. The number of aliphatic hydroxyl groups is 4. The second kappa shape index (κ2) is 6.44. The molecule has 0 aliphatic carbocycles. The number of ether oxygens (including phenoxy) is 1. The van der Waals surface area contributed by atoms with E-state index in [0.29, 0.717) is 6.42 Å². The largest absolute Gasteiger partial charge is 0.388 e. The van der Waals surface area contributed by atoms with Gasteiger partial charge in [-0.3, -0.25) is 4.79 Å². The normalized spacial score (nSPS) is 38.2. The summed E-state index contributed by atoms with van der Waals surface area (Å²) in [7, 11) is 0. The molecule has 5 N–H and O–H groups in total. The molecule has 0 aromatic rings. The van der Waals surface area contributed by atoms with Crippen LogP contribution in [0.2, 0.25) is 0 Å². The number of carbonyl (C=O) groups excluding carboxylic acids is 1. The van der Waals surface area contributed by atoms with Crippen LogP contribution in [0.5, 0.6) is 0 Å². The van der Waals surface area contributed by atoms with E-state index in [-0.39, 0.29) is 18.4 Å². The number of hydrogen-bond donors (Lipinski definition) is 5. The average Bonchev–Trinajstić information content (AvgIpc) is 2.37. The third kappa shape index (κ3) is 3.39. The molecular formula is C11H21NO6. The van der Waals surface area contributed by atoms with Crippen molar-refractivity contribution < 1.29 is 30.0 Å². The Morgan fingerprint density at radius 3 is 2.39 bits per heavy atom. The smallest absolute Gasteiger partial charge is 0.222 e. The van der Waals surface area contributed by atoms with Gasteiger partial charge < -0.3 is 30.5 Å². The van der Waals surface area contributed by atoms with Crippen LogP contribution in [-0.4, -0.2) is 63.6 Å². The molecule has 6 unspecified atom stereocenters. The number of rotatable bonds is 4. The topological polar surface area (TPSA) is 119 Å². The zero-order valence-electron chi connectivity index (χ0n) is 10.5. The molecule has 0 spiro atoms. The van der Waals surface area contributed by atoms with E-state index in [1.165, 1.54) is 0 Å². The third-order valence-corrected chi connectivity index (χ3v) is 3.22. The second-order valence-corrected chi connectivity index (χ2v) is 4.59. The average molecular weight is 263 g/mol. The lowest BCUT2D eigenvalue weighted by molar-refractivity contribution is -0.280. The van der Waals surface area contributed by atoms with Crippen molar-refractivity contribution in [1.29, 1.82) is 0 Å². The minimum Gasteiger partial charge on any atom is -0.388 e. The van der Waals surface area contributed by atoms with Crippen molar-refractivity contribution in [1.82, 2.24) is 5.32 Å². The molecule has 18 heavy (non-hydrogen) atoms. The highest BCUT2D eigenvalue weighted by Crippen LogP contribution is 2.19. The molecule has 1 aliphatic rings. The van der Waals surface area contributed by atoms with Crippen molar-refractivity contribution in [2.45, 2.75) is 51.0 Å². The zero-order valence-corrected chi connectivity index (χ0v) is 10.5. The summed E-state index contributed by atoms with van der Waals surface area (Å²) in [6.45, 7) is 3.60. The van der Waals surface area contributed by atoms with E-state index in [1.807, 2.05) is 6.92 Å². The Balaban J connectivity index is 2.49. The molecule has 6 atom stereocenters. The van der Waals surface area contributed by atoms with Gasteiger partial charge in [-0.15, -0.1) is 0 Å². The summed E-state index contributed by atoms with van der Waals surface area (Å²) in [5, 5.41) is 40.2. The zero-order chi connectivity index (χ0) is 13.9. The van der Waals surface area contributed by atoms with Gasteiger partial charge in [0.2, 0.25) is 5.91 Å². The lowest BCUT2D eigenvalue weighted by Gasteiger charge is -2.38. The van der Waals surface area contributed by atoms with Crippen molar-refractivity contribution in [3.63, 3.8) is 0 Å². The van der Waals surface area contributed by atoms with E-state index in [2.05, 4.69) is 5.32 Å². The second-order valence-electron chi connectivity index (χ2n) is 4.59. The first-order valence-electron chi connectivity index (χ1n) is 6.03. The van der Waals surface area contributed by atoms with Gasteiger partial charge in [0.05, 0.1) is 0 Å². The lowest BCUT2D eigenvalue weighted by Crippen LogP contribution is -2.60. The number of amides is 1. The number of aliphatic hydroxyl groups excluding tert-OH is 4. The highest BCUT2D eigenvalue weighted by Gasteiger charge is 2.42. The van der Waals surface area contributed by atoms with E-state index in [9.17, 15) is 25.2 Å². The van der Waals surface area contributed by atoms with Gasteiger partial charge in [0, 0.05) is 12.5 Å². The maximum atomic E-state index is 11.5. The van der Waals surface area contributed by atoms with Crippen molar-refractivity contribution >= 4 is 5.91 Å². The fourth-order valence-electron chi connectivity index (χ4n) is 1.66. The molecule has 1 amide bonds. The Kier molecular flexibility index (Phi) is 5.48. The first kappa shape index (κ1) is 15.3. The Morgan fingerprint density at radius 2 is 1.83 bits per heavy atom. The highest BCUT2D eigenvalue weighted by atomic mass is 16.6. The van der Waals surface area contributed by atoms with Crippen LogP contribution in [0.3, 0.4) is 0 Å². The minimum atomic E-state index is -1.58. The van der Waals surface area contributed by atoms with E-state index in [4.69, 9.17) is 4.74 Å². The predicted molar refractivity (Wildman–Crippen MR) is 61.4 cm³/mol. The number of nitrogens with one attached hydrogen (secondary N) is 1. The van der Waals surface area contributed by atoms with Crippen LogP contribution < -0.4 is 5.32 Å². The molecule has 1 heterocycles. The molecule has 1 saturated heterocycles. The Hall–Kier alpha value is -0.730. The van der Waals surface area contributed by atoms with Crippen LogP contribution in [0.1, 0.15) is 20.3 Å². The van der Waals surface area contributed by atoms with Crippen LogP contribution in [-0.2, 0) is 9.53 Å². The van der Waals surface area contributed by atoms with Crippen LogP contribution in [0, 0.1) is 5.92 Å². The molecule has 0 radical (unpaired) electrons. The van der Waals surface area contributed by atoms with E-state index >= 15 is 0 Å². The van der Waals surface area contributed by atoms with Gasteiger partial charge in [0.25, 0.3) is 0 Å². The number of hydrogen-bond acceptors (Lipinski definition) is 6. The quantitative estimate of drug-likeness (QED) is 0.398. The highest BCUT2D eigenvalue weighted by molar-refractivity contribution is 5.78. The van der Waals surface area contributed by atoms with Gasteiger partial charge in [-0.25, -0.2) is 0 Å². The van der Waals surface area contributed by atoms with Gasteiger partial charge in [0.1, 0.15) is 24.4 Å². The van der Waals surface area contributed by atoms with E-state index in [1.54, 1.807) is 6.92 Å². The van der Waals surface area contributed by atoms with Crippen LogP contribution >= 0.6 is 0 Å². The van der Waals surface area contributed by atoms with Gasteiger partial charge in [0.15, 0.2) is 6.29 Å². The molecule has 0 aromatic heterocycles. The van der Waals surface area contributed by atoms with Crippen molar-refractivity contribution in [3.05, 3.63) is 0 Å². The summed E-state index contributed by atoms with van der Waals surface area (Å²) in [5.41, 5.74) is 0. The van der Waals surface area contributed by atoms with Gasteiger partial charge in [-0.2, -0.15) is 0 Å². The maximum Gasteiger partial charge on any atom is 0.222 e. The minimum absolute atomic E-state index is 0.0365. The standard InChI is InChI=1S/C11H21NO6/c1-3-5(2)10(16)12-4-6-7(13)8(14)9(15)11(17)18-6/h5-9,11,13-15,17H,3-4H2,1-2H3,(H,12,16). The summed E-state index contributed by atoms with van der Waals surface area (Å²) in [5.74, 6) is -0.352. The molecule has 0 bridgehead atoms. The lowest BCUT2D eigenvalue weighted by atomic mass is 9.98. The first-order chi connectivity index (χ1) is 8.38. The summed E-state index contributed by atoms with van der Waals surface area (Å²) < 4.78 is 4.93. The third-order valence-electron chi connectivity index (χ3n) is 3.22. The Morgan fingerprint density at radius 1 is 1.22 bits per heavy atom. The summed E-state index contributed by atoms with van der Waals surface area (Å²) >= 11 is 0. The molecule has 1 rings (SSSR count). The first-order valence-corrected chi connectivity index (χ1v) is 6.03. The predicted octanol–water partition coefficient (Wildman–Crippen LogP) is -2.05. The van der Waals surface area contributed by atoms with Gasteiger partial charge in [-0.1, -0.05) is 13.8 Å². The van der Waals surface area contributed by atoms with Gasteiger partial charge in [-0.05, 0) is 6.42 Å². The van der Waals surface area contributed by atoms with Crippen molar-refractivity contribution in [2.24, 2.45) is 5.92 Å². The molecule has 7 nitrogen and oxygen atoms in total. The fraction of sp³-hybridized carbons (Fsp3) is 0.909. The molecule has 0 saturated carbocycles. The fourth-order valence-corrected chi connectivity index (χ4v) is 1.66.